The molecule has 1 amide bonds. The van der Waals surface area contributed by atoms with Gasteiger partial charge in [0.25, 0.3) is 5.91 Å². The fourth-order valence-electron chi connectivity index (χ4n) is 3.07. The van der Waals surface area contributed by atoms with Gasteiger partial charge in [0.1, 0.15) is 0 Å². The number of amides is 1. The van der Waals surface area contributed by atoms with Crippen molar-refractivity contribution < 1.29 is 18.7 Å². The smallest absolute Gasteiger partial charge is 0.307 e. The number of nitrogens with zero attached hydrogens (tertiary/aromatic N) is 2. The van der Waals surface area contributed by atoms with Crippen molar-refractivity contribution in [3.63, 3.8) is 0 Å². The van der Waals surface area contributed by atoms with E-state index in [-0.39, 0.29) is 24.8 Å². The second kappa shape index (κ2) is 8.79. The van der Waals surface area contributed by atoms with Crippen molar-refractivity contribution in [2.45, 2.75) is 64.5 Å². The lowest BCUT2D eigenvalue weighted by Gasteiger charge is -2.16. The van der Waals surface area contributed by atoms with Crippen LogP contribution < -0.4 is 5.32 Å². The number of nitrogens with one attached hydrogen (secondary N) is 1. The lowest BCUT2D eigenvalue weighted by Crippen LogP contribution is -2.40. The molecule has 0 radical (unpaired) electrons. The highest BCUT2D eigenvalue weighted by Crippen LogP contribution is 2.19. The molecule has 1 aliphatic carbocycles. The molecule has 1 fully saturated rings. The summed E-state index contributed by atoms with van der Waals surface area (Å²) in [5.74, 6) is 0.0853. The van der Waals surface area contributed by atoms with Crippen LogP contribution in [0.5, 0.6) is 0 Å². The van der Waals surface area contributed by atoms with Crippen LogP contribution in [0.25, 0.3) is 11.5 Å². The van der Waals surface area contributed by atoms with E-state index in [4.69, 9.17) is 9.15 Å². The van der Waals surface area contributed by atoms with E-state index in [1.54, 1.807) is 6.92 Å². The Bertz CT molecular complexity index is 779. The molecule has 0 spiro atoms. The maximum absolute atomic E-state index is 12.1. The summed E-state index contributed by atoms with van der Waals surface area (Å²) in [5.41, 5.74) is 1.98. The van der Waals surface area contributed by atoms with Gasteiger partial charge in [0.2, 0.25) is 11.8 Å². The van der Waals surface area contributed by atoms with Crippen molar-refractivity contribution >= 4 is 11.9 Å². The first-order valence-electron chi connectivity index (χ1n) is 9.40. The van der Waals surface area contributed by atoms with Crippen molar-refractivity contribution in [1.29, 1.82) is 0 Å². The molecule has 1 heterocycles. The Hall–Kier alpha value is -2.70. The first-order valence-corrected chi connectivity index (χ1v) is 9.40. The van der Waals surface area contributed by atoms with Gasteiger partial charge in [-0.25, -0.2) is 0 Å². The molecule has 144 valence electrons. The van der Waals surface area contributed by atoms with Gasteiger partial charge in [0, 0.05) is 18.0 Å². The molecule has 7 nitrogen and oxygen atoms in total. The lowest BCUT2D eigenvalue weighted by molar-refractivity contribution is -0.155. The Morgan fingerprint density at radius 3 is 2.63 bits per heavy atom. The van der Waals surface area contributed by atoms with Crippen LogP contribution in [0.15, 0.2) is 28.7 Å². The summed E-state index contributed by atoms with van der Waals surface area (Å²) in [5, 5.41) is 10.9. The Morgan fingerprint density at radius 1 is 1.22 bits per heavy atom. The number of esters is 1. The number of aromatic nitrogens is 2. The van der Waals surface area contributed by atoms with Crippen LogP contribution in [0.2, 0.25) is 0 Å². The molecule has 27 heavy (non-hydrogen) atoms. The summed E-state index contributed by atoms with van der Waals surface area (Å²) in [6.07, 6.45) is 3.80. The second-order valence-electron chi connectivity index (χ2n) is 6.99. The third-order valence-corrected chi connectivity index (χ3v) is 4.69. The molecule has 0 aliphatic heterocycles. The lowest BCUT2D eigenvalue weighted by atomic mass is 10.1. The molecule has 1 atom stereocenters. The fourth-order valence-corrected chi connectivity index (χ4v) is 3.07. The van der Waals surface area contributed by atoms with Crippen LogP contribution in [0.3, 0.4) is 0 Å². The molecule has 1 unspecified atom stereocenters. The summed E-state index contributed by atoms with van der Waals surface area (Å²) in [6, 6.07) is 7.96. The minimum Gasteiger partial charge on any atom is -0.453 e. The monoisotopic (exact) mass is 371 g/mol. The number of carbonyl (C=O) groups excluding carboxylic acids is 2. The average molecular weight is 371 g/mol. The summed E-state index contributed by atoms with van der Waals surface area (Å²) in [7, 11) is 0. The molecule has 2 aromatic rings. The van der Waals surface area contributed by atoms with Gasteiger partial charge in [0.15, 0.2) is 6.10 Å². The summed E-state index contributed by atoms with van der Waals surface area (Å²) < 4.78 is 10.8. The van der Waals surface area contributed by atoms with E-state index in [9.17, 15) is 9.59 Å². The Labute approximate surface area is 158 Å². The predicted octanol–water partition coefficient (Wildman–Crippen LogP) is 2.97. The molecule has 1 saturated carbocycles. The number of rotatable bonds is 7. The number of aryl methyl sites for hydroxylation is 2. The first-order chi connectivity index (χ1) is 13.0. The molecule has 1 aromatic heterocycles. The molecule has 1 N–H and O–H groups in total. The van der Waals surface area contributed by atoms with Gasteiger partial charge in [-0.1, -0.05) is 30.5 Å². The second-order valence-corrected chi connectivity index (χ2v) is 6.99. The van der Waals surface area contributed by atoms with E-state index < -0.39 is 12.1 Å². The third kappa shape index (κ3) is 5.39. The largest absolute Gasteiger partial charge is 0.453 e. The molecule has 7 heteroatoms. The number of carbonyl (C=O) groups is 2. The molecule has 1 aliphatic rings. The molecule has 1 aromatic carbocycles. The van der Waals surface area contributed by atoms with Crippen LogP contribution in [0.1, 0.15) is 50.5 Å². The number of benzene rings is 1. The van der Waals surface area contributed by atoms with E-state index in [1.165, 1.54) is 0 Å². The van der Waals surface area contributed by atoms with Gasteiger partial charge in [-0.3, -0.25) is 9.59 Å². The van der Waals surface area contributed by atoms with Crippen molar-refractivity contribution in [2.24, 2.45) is 0 Å². The van der Waals surface area contributed by atoms with E-state index >= 15 is 0 Å². The third-order valence-electron chi connectivity index (χ3n) is 4.69. The van der Waals surface area contributed by atoms with Crippen LogP contribution in [0.4, 0.5) is 0 Å². The van der Waals surface area contributed by atoms with Crippen LogP contribution in [0, 0.1) is 6.92 Å². The van der Waals surface area contributed by atoms with Gasteiger partial charge in [0.05, 0.1) is 6.42 Å². The SMILES string of the molecule is Cc1ccc(-c2nnc(CCC(=O)OC(C)C(=O)NC3CCCC3)o2)cc1. The summed E-state index contributed by atoms with van der Waals surface area (Å²) in [4.78, 5) is 24.1. The van der Waals surface area contributed by atoms with Gasteiger partial charge in [-0.2, -0.15) is 0 Å². The number of hydrogen-bond donors (Lipinski definition) is 1. The zero-order valence-corrected chi connectivity index (χ0v) is 15.7. The molecular weight excluding hydrogens is 346 g/mol. The standard InChI is InChI=1S/C20H25N3O4/c1-13-7-9-15(10-8-13)20-23-22-17(27-20)11-12-18(24)26-14(2)19(25)21-16-5-3-4-6-16/h7-10,14,16H,3-6,11-12H2,1-2H3,(H,21,25). The highest BCUT2D eigenvalue weighted by atomic mass is 16.5. The zero-order chi connectivity index (χ0) is 19.2. The van der Waals surface area contributed by atoms with Gasteiger partial charge >= 0.3 is 5.97 Å². The highest BCUT2D eigenvalue weighted by molar-refractivity contribution is 5.83. The Morgan fingerprint density at radius 2 is 1.93 bits per heavy atom. The number of hydrogen-bond acceptors (Lipinski definition) is 6. The Kier molecular flexibility index (Phi) is 6.21. The average Bonchev–Trinajstić information content (AvgIpc) is 3.32. The van der Waals surface area contributed by atoms with E-state index in [0.29, 0.717) is 11.8 Å². The number of ether oxygens (including phenoxy) is 1. The van der Waals surface area contributed by atoms with Gasteiger partial charge in [-0.05, 0) is 38.8 Å². The van der Waals surface area contributed by atoms with Gasteiger partial charge in [-0.15, -0.1) is 10.2 Å². The normalized spacial score (nSPS) is 15.5. The van der Waals surface area contributed by atoms with E-state index in [1.807, 2.05) is 31.2 Å². The molecule has 0 bridgehead atoms. The highest BCUT2D eigenvalue weighted by Gasteiger charge is 2.23. The summed E-state index contributed by atoms with van der Waals surface area (Å²) >= 11 is 0. The maximum atomic E-state index is 12.1. The van der Waals surface area contributed by atoms with Crippen LogP contribution >= 0.6 is 0 Å². The first kappa shape index (κ1) is 19.1. The predicted molar refractivity (Wildman–Crippen MR) is 98.7 cm³/mol. The molecular formula is C20H25N3O4. The molecule has 0 saturated heterocycles. The molecule has 3 rings (SSSR count). The van der Waals surface area contributed by atoms with E-state index in [0.717, 1.165) is 36.8 Å². The van der Waals surface area contributed by atoms with Crippen LogP contribution in [-0.2, 0) is 20.7 Å². The summed E-state index contributed by atoms with van der Waals surface area (Å²) in [6.45, 7) is 3.59. The van der Waals surface area contributed by atoms with E-state index in [2.05, 4.69) is 15.5 Å². The fraction of sp³-hybridized carbons (Fsp3) is 0.500. The topological polar surface area (TPSA) is 94.3 Å². The van der Waals surface area contributed by atoms with Crippen molar-refractivity contribution in [3.05, 3.63) is 35.7 Å². The van der Waals surface area contributed by atoms with Gasteiger partial charge < -0.3 is 14.5 Å². The Balaban J connectivity index is 1.44. The van der Waals surface area contributed by atoms with Crippen molar-refractivity contribution in [1.82, 2.24) is 15.5 Å². The maximum Gasteiger partial charge on any atom is 0.307 e. The quantitative estimate of drug-likeness (QED) is 0.752. The minimum atomic E-state index is -0.802. The van der Waals surface area contributed by atoms with Crippen molar-refractivity contribution in [3.8, 4) is 11.5 Å². The zero-order valence-electron chi connectivity index (χ0n) is 15.7. The van der Waals surface area contributed by atoms with Crippen LogP contribution in [-0.4, -0.2) is 34.2 Å². The minimum absolute atomic E-state index is 0.0799. The van der Waals surface area contributed by atoms with Crippen molar-refractivity contribution in [2.75, 3.05) is 0 Å².